The maximum Gasteiger partial charge on any atom is 0.251 e. The number of aryl methyl sites for hydroxylation is 1. The molecule has 1 aliphatic rings. The summed E-state index contributed by atoms with van der Waals surface area (Å²) < 4.78 is 5.41. The Morgan fingerprint density at radius 3 is 2.65 bits per heavy atom. The number of ether oxygens (including phenoxy) is 1. The Bertz CT molecular complexity index is 465. The van der Waals surface area contributed by atoms with Crippen LogP contribution in [0.4, 0.5) is 0 Å². The molecule has 20 heavy (non-hydrogen) atoms. The highest BCUT2D eigenvalue weighted by Crippen LogP contribution is 2.10. The van der Waals surface area contributed by atoms with E-state index >= 15 is 0 Å². The molecule has 1 fully saturated rings. The Morgan fingerprint density at radius 2 is 2.00 bits per heavy atom. The summed E-state index contributed by atoms with van der Waals surface area (Å²) in [6.07, 6.45) is 2.15. The van der Waals surface area contributed by atoms with E-state index in [2.05, 4.69) is 10.6 Å². The quantitative estimate of drug-likeness (QED) is 0.843. The third-order valence-corrected chi connectivity index (χ3v) is 3.27. The Hall–Kier alpha value is -1.88. The molecule has 5 heteroatoms. The van der Waals surface area contributed by atoms with Gasteiger partial charge >= 0.3 is 0 Å². The normalized spacial score (nSPS) is 17.8. The Kier molecular flexibility index (Phi) is 5.12. The van der Waals surface area contributed by atoms with Gasteiger partial charge in [-0.15, -0.1) is 0 Å². The van der Waals surface area contributed by atoms with Crippen LogP contribution in [-0.2, 0) is 9.53 Å². The molecular weight excluding hydrogens is 256 g/mol. The predicted octanol–water partition coefficient (Wildman–Crippen LogP) is 1.02. The SMILES string of the molecule is Cc1ccc(C(=O)NCC(=O)NCC2CCCO2)cc1. The first-order valence-electron chi connectivity index (χ1n) is 6.88. The zero-order valence-corrected chi connectivity index (χ0v) is 11.6. The second kappa shape index (κ2) is 7.05. The molecule has 1 atom stereocenters. The standard InChI is InChI=1S/C15H20N2O3/c1-11-4-6-12(7-5-11)15(19)17-10-14(18)16-9-13-3-2-8-20-13/h4-7,13H,2-3,8-10H2,1H3,(H,16,18)(H,17,19). The van der Waals surface area contributed by atoms with Gasteiger partial charge in [-0.2, -0.15) is 0 Å². The molecule has 0 aliphatic carbocycles. The maximum absolute atomic E-state index is 11.8. The van der Waals surface area contributed by atoms with Crippen LogP contribution >= 0.6 is 0 Å². The molecule has 2 N–H and O–H groups in total. The number of carbonyl (C=O) groups excluding carboxylic acids is 2. The summed E-state index contributed by atoms with van der Waals surface area (Å²) >= 11 is 0. The maximum atomic E-state index is 11.8. The van der Waals surface area contributed by atoms with E-state index < -0.39 is 0 Å². The third-order valence-electron chi connectivity index (χ3n) is 3.27. The summed E-state index contributed by atoms with van der Waals surface area (Å²) in [5, 5.41) is 5.36. The lowest BCUT2D eigenvalue weighted by Crippen LogP contribution is -2.39. The fraction of sp³-hybridized carbons (Fsp3) is 0.467. The van der Waals surface area contributed by atoms with Crippen molar-refractivity contribution >= 4 is 11.8 Å². The topological polar surface area (TPSA) is 67.4 Å². The van der Waals surface area contributed by atoms with Crippen LogP contribution < -0.4 is 10.6 Å². The first-order valence-corrected chi connectivity index (χ1v) is 6.88. The number of hydrogen-bond acceptors (Lipinski definition) is 3. The lowest BCUT2D eigenvalue weighted by molar-refractivity contribution is -0.120. The molecule has 0 bridgehead atoms. The summed E-state index contributed by atoms with van der Waals surface area (Å²) in [4.78, 5) is 23.4. The van der Waals surface area contributed by atoms with E-state index in [1.54, 1.807) is 12.1 Å². The fourth-order valence-electron chi connectivity index (χ4n) is 2.06. The molecule has 1 aliphatic heterocycles. The monoisotopic (exact) mass is 276 g/mol. The second-order valence-corrected chi connectivity index (χ2v) is 4.99. The first-order chi connectivity index (χ1) is 9.65. The zero-order chi connectivity index (χ0) is 14.4. The highest BCUT2D eigenvalue weighted by Gasteiger charge is 2.16. The lowest BCUT2D eigenvalue weighted by atomic mass is 10.1. The van der Waals surface area contributed by atoms with Crippen LogP contribution in [0.2, 0.25) is 0 Å². The molecule has 0 saturated carbocycles. The summed E-state index contributed by atoms with van der Waals surface area (Å²) in [5.41, 5.74) is 1.65. The largest absolute Gasteiger partial charge is 0.376 e. The number of rotatable bonds is 5. The van der Waals surface area contributed by atoms with E-state index in [9.17, 15) is 9.59 Å². The van der Waals surface area contributed by atoms with E-state index in [-0.39, 0.29) is 24.5 Å². The highest BCUT2D eigenvalue weighted by atomic mass is 16.5. The highest BCUT2D eigenvalue weighted by molar-refractivity contribution is 5.96. The van der Waals surface area contributed by atoms with Crippen molar-refractivity contribution in [2.75, 3.05) is 19.7 Å². The third kappa shape index (κ3) is 4.35. The van der Waals surface area contributed by atoms with E-state index in [0.717, 1.165) is 25.0 Å². The molecule has 108 valence electrons. The number of benzene rings is 1. The summed E-state index contributed by atoms with van der Waals surface area (Å²) in [5.74, 6) is -0.432. The minimum absolute atomic E-state index is 0.0145. The Balaban J connectivity index is 1.69. The van der Waals surface area contributed by atoms with E-state index in [4.69, 9.17) is 4.74 Å². The molecule has 1 heterocycles. The van der Waals surface area contributed by atoms with Crippen LogP contribution in [0.3, 0.4) is 0 Å². The van der Waals surface area contributed by atoms with Crippen molar-refractivity contribution in [3.63, 3.8) is 0 Å². The molecule has 0 spiro atoms. The van der Waals surface area contributed by atoms with Crippen LogP contribution in [0.1, 0.15) is 28.8 Å². The van der Waals surface area contributed by atoms with Gasteiger partial charge in [0, 0.05) is 18.7 Å². The van der Waals surface area contributed by atoms with Gasteiger partial charge in [0.25, 0.3) is 5.91 Å². The summed E-state index contributed by atoms with van der Waals surface area (Å²) in [7, 11) is 0. The first kappa shape index (κ1) is 14.5. The van der Waals surface area contributed by atoms with Crippen molar-refractivity contribution in [1.82, 2.24) is 10.6 Å². The van der Waals surface area contributed by atoms with E-state index in [1.807, 2.05) is 19.1 Å². The average molecular weight is 276 g/mol. The number of carbonyl (C=O) groups is 2. The second-order valence-electron chi connectivity index (χ2n) is 4.99. The van der Waals surface area contributed by atoms with Crippen molar-refractivity contribution in [1.29, 1.82) is 0 Å². The number of hydrogen-bond donors (Lipinski definition) is 2. The molecule has 1 unspecified atom stereocenters. The van der Waals surface area contributed by atoms with Gasteiger partial charge < -0.3 is 15.4 Å². The molecule has 2 rings (SSSR count). The average Bonchev–Trinajstić information content (AvgIpc) is 2.96. The van der Waals surface area contributed by atoms with Crippen LogP contribution in [0.5, 0.6) is 0 Å². The van der Waals surface area contributed by atoms with Gasteiger partial charge in [0.05, 0.1) is 12.6 Å². The van der Waals surface area contributed by atoms with Crippen LogP contribution in [-0.4, -0.2) is 37.6 Å². The van der Waals surface area contributed by atoms with Crippen molar-refractivity contribution in [3.05, 3.63) is 35.4 Å². The van der Waals surface area contributed by atoms with Gasteiger partial charge in [0.15, 0.2) is 0 Å². The van der Waals surface area contributed by atoms with Crippen molar-refractivity contribution in [2.45, 2.75) is 25.9 Å². The van der Waals surface area contributed by atoms with Gasteiger partial charge in [-0.05, 0) is 31.9 Å². The lowest BCUT2D eigenvalue weighted by Gasteiger charge is -2.11. The van der Waals surface area contributed by atoms with Gasteiger partial charge in [0.1, 0.15) is 0 Å². The van der Waals surface area contributed by atoms with Gasteiger partial charge in [0.2, 0.25) is 5.91 Å². The van der Waals surface area contributed by atoms with Crippen molar-refractivity contribution < 1.29 is 14.3 Å². The molecular formula is C15H20N2O3. The zero-order valence-electron chi connectivity index (χ0n) is 11.6. The van der Waals surface area contributed by atoms with Crippen molar-refractivity contribution in [2.24, 2.45) is 0 Å². The minimum atomic E-state index is -0.239. The minimum Gasteiger partial charge on any atom is -0.376 e. The molecule has 1 aromatic rings. The number of nitrogens with one attached hydrogen (secondary N) is 2. The Morgan fingerprint density at radius 1 is 1.25 bits per heavy atom. The van der Waals surface area contributed by atoms with Gasteiger partial charge in [-0.25, -0.2) is 0 Å². The molecule has 1 aromatic carbocycles. The van der Waals surface area contributed by atoms with Crippen molar-refractivity contribution in [3.8, 4) is 0 Å². The summed E-state index contributed by atoms with van der Waals surface area (Å²) in [6, 6.07) is 7.22. The van der Waals surface area contributed by atoms with Crippen LogP contribution in [0.15, 0.2) is 24.3 Å². The molecule has 5 nitrogen and oxygen atoms in total. The van der Waals surface area contributed by atoms with Gasteiger partial charge in [-0.1, -0.05) is 17.7 Å². The smallest absolute Gasteiger partial charge is 0.251 e. The number of amides is 2. The van der Waals surface area contributed by atoms with E-state index in [0.29, 0.717) is 12.1 Å². The van der Waals surface area contributed by atoms with Gasteiger partial charge in [-0.3, -0.25) is 9.59 Å². The molecule has 0 radical (unpaired) electrons. The Labute approximate surface area is 118 Å². The van der Waals surface area contributed by atoms with Crippen LogP contribution in [0.25, 0.3) is 0 Å². The van der Waals surface area contributed by atoms with Crippen LogP contribution in [0, 0.1) is 6.92 Å². The molecule has 1 saturated heterocycles. The molecule has 0 aromatic heterocycles. The summed E-state index contributed by atoms with van der Waals surface area (Å²) in [6.45, 7) is 3.23. The predicted molar refractivity (Wildman–Crippen MR) is 75.5 cm³/mol. The fourth-order valence-corrected chi connectivity index (χ4v) is 2.06. The molecule has 2 amide bonds. The van der Waals surface area contributed by atoms with E-state index in [1.165, 1.54) is 0 Å².